The number of ether oxygens (including phenoxy) is 1. The van der Waals surface area contributed by atoms with Crippen LogP contribution in [0.15, 0.2) is 109 Å². The third-order valence-electron chi connectivity index (χ3n) is 2.00. The molecule has 0 radical (unpaired) electrons. The molecule has 0 N–H and O–H groups in total. The van der Waals surface area contributed by atoms with Crippen LogP contribution in [0, 0.1) is 0 Å². The zero-order valence-corrected chi connectivity index (χ0v) is 20.8. The summed E-state index contributed by atoms with van der Waals surface area (Å²) in [5.74, 6) is 0. The van der Waals surface area contributed by atoms with Gasteiger partial charge in [0.05, 0.1) is 0 Å². The summed E-state index contributed by atoms with van der Waals surface area (Å²) in [5, 5.41) is 0. The minimum absolute atomic E-state index is 0. The molecule has 0 aromatic heterocycles. The van der Waals surface area contributed by atoms with Gasteiger partial charge in [-0.2, -0.15) is 0 Å². The molecule has 0 saturated heterocycles. The zero-order chi connectivity index (χ0) is 23.4. The summed E-state index contributed by atoms with van der Waals surface area (Å²) >= 11 is 0. The van der Waals surface area contributed by atoms with E-state index in [9.17, 15) is 0 Å². The highest BCUT2D eigenvalue weighted by molar-refractivity contribution is 5.00. The Labute approximate surface area is 198 Å². The van der Waals surface area contributed by atoms with Gasteiger partial charge in [-0.3, -0.25) is 0 Å². The molecule has 182 valence electrons. The summed E-state index contributed by atoms with van der Waals surface area (Å²) in [6.07, 6.45) is 0. The monoisotopic (exact) mass is 432 g/mol. The molecule has 0 unspecified atom stereocenters. The Hall–Kier alpha value is -2.38. The van der Waals surface area contributed by atoms with E-state index >= 15 is 0 Å². The van der Waals surface area contributed by atoms with Gasteiger partial charge < -0.3 is 4.74 Å². The smallest absolute Gasteiger partial charge is 0.0351 e. The fourth-order valence-electron chi connectivity index (χ4n) is 1.15. The maximum atomic E-state index is 4.25. The van der Waals surface area contributed by atoms with Crippen LogP contribution in [0.5, 0.6) is 0 Å². The molecule has 0 saturated carbocycles. The predicted octanol–water partition coefficient (Wildman–Crippen LogP) is 10.7. The third-order valence-corrected chi connectivity index (χ3v) is 2.00. The molecule has 0 aliphatic rings. The van der Waals surface area contributed by atoms with Crippen LogP contribution in [0.25, 0.3) is 0 Å². The molecular weight excluding hydrogens is 376 g/mol. The number of rotatable bonds is 0. The maximum absolute atomic E-state index is 4.25. The molecule has 3 rings (SSSR count). The minimum atomic E-state index is 0. The lowest BCUT2D eigenvalue weighted by atomic mass is 10.4. The lowest BCUT2D eigenvalue weighted by Crippen LogP contribution is -1.55. The molecule has 31 heavy (non-hydrogen) atoms. The van der Waals surface area contributed by atoms with Gasteiger partial charge in [0.1, 0.15) is 0 Å². The number of hydrogen-bond acceptors (Lipinski definition) is 1. The fraction of sp³-hybridized carbons (Fsp3) is 0.400. The summed E-state index contributed by atoms with van der Waals surface area (Å²) in [4.78, 5) is 0. The van der Waals surface area contributed by atoms with Crippen LogP contribution in [0.3, 0.4) is 0 Å². The van der Waals surface area contributed by atoms with E-state index in [-0.39, 0.29) is 14.9 Å². The highest BCUT2D eigenvalue weighted by atomic mass is 16.4. The first-order valence-electron chi connectivity index (χ1n) is 10.8. The topological polar surface area (TPSA) is 9.23 Å². The molecule has 0 spiro atoms. The Morgan fingerprint density at radius 3 is 0.323 bits per heavy atom. The minimum Gasteiger partial charge on any atom is -0.388 e. The Morgan fingerprint density at radius 2 is 0.290 bits per heavy atom. The average molecular weight is 433 g/mol. The molecule has 1 heteroatoms. The third kappa shape index (κ3) is 74.3. The SMILES string of the molecule is C.C.CC.CC.CC.CC.COC.c1ccccc1.c1ccccc1.c1ccccc1. The van der Waals surface area contributed by atoms with E-state index in [1.807, 2.05) is 165 Å². The second kappa shape index (κ2) is 70.9. The van der Waals surface area contributed by atoms with Crippen molar-refractivity contribution in [2.75, 3.05) is 14.2 Å². The van der Waals surface area contributed by atoms with E-state index in [2.05, 4.69) is 4.74 Å². The van der Waals surface area contributed by atoms with E-state index in [0.717, 1.165) is 0 Å². The van der Waals surface area contributed by atoms with Crippen molar-refractivity contribution < 1.29 is 4.74 Å². The van der Waals surface area contributed by atoms with Gasteiger partial charge in [0, 0.05) is 14.2 Å². The normalized spacial score (nSPS) is 6.00. The standard InChI is InChI=1S/3C6H6.C2H6O.4C2H6.2CH4/c3*1-2-4-6-5-3-1;1-3-2;4*1-2;;/h3*1-6H;1-2H3;4*1-2H3;2*1H4. The Balaban J connectivity index is -0.0000000446. The first-order valence-corrected chi connectivity index (χ1v) is 10.8. The van der Waals surface area contributed by atoms with Crippen LogP contribution in [0.1, 0.15) is 70.2 Å². The largest absolute Gasteiger partial charge is 0.388 e. The number of benzene rings is 3. The Bertz CT molecular complexity index is 311. The van der Waals surface area contributed by atoms with Crippen molar-refractivity contribution >= 4 is 0 Å². The van der Waals surface area contributed by atoms with Crippen LogP contribution >= 0.6 is 0 Å². The van der Waals surface area contributed by atoms with Gasteiger partial charge in [-0.15, -0.1) is 0 Å². The van der Waals surface area contributed by atoms with Gasteiger partial charge in [0.2, 0.25) is 0 Å². The van der Waals surface area contributed by atoms with Crippen LogP contribution in [0.4, 0.5) is 0 Å². The van der Waals surface area contributed by atoms with E-state index in [1.165, 1.54) is 0 Å². The van der Waals surface area contributed by atoms with Crippen LogP contribution in [-0.2, 0) is 4.74 Å². The van der Waals surface area contributed by atoms with Crippen molar-refractivity contribution in [1.29, 1.82) is 0 Å². The summed E-state index contributed by atoms with van der Waals surface area (Å²) in [6, 6.07) is 36.0. The van der Waals surface area contributed by atoms with Gasteiger partial charge >= 0.3 is 0 Å². The maximum Gasteiger partial charge on any atom is 0.0351 e. The van der Waals surface area contributed by atoms with Crippen molar-refractivity contribution in [3.8, 4) is 0 Å². The van der Waals surface area contributed by atoms with Crippen LogP contribution < -0.4 is 0 Å². The van der Waals surface area contributed by atoms with E-state index in [1.54, 1.807) is 14.2 Å². The summed E-state index contributed by atoms with van der Waals surface area (Å²) < 4.78 is 4.25. The molecular formula is C30H56O. The van der Waals surface area contributed by atoms with Gasteiger partial charge in [-0.25, -0.2) is 0 Å². The van der Waals surface area contributed by atoms with Crippen molar-refractivity contribution in [3.63, 3.8) is 0 Å². The average Bonchev–Trinajstić information content (AvgIpc) is 2.89. The quantitative estimate of drug-likeness (QED) is 0.343. The van der Waals surface area contributed by atoms with Crippen molar-refractivity contribution in [2.24, 2.45) is 0 Å². The van der Waals surface area contributed by atoms with E-state index < -0.39 is 0 Å². The lowest BCUT2D eigenvalue weighted by Gasteiger charge is -1.69. The van der Waals surface area contributed by atoms with Gasteiger partial charge in [0.25, 0.3) is 0 Å². The molecule has 0 heterocycles. The summed E-state index contributed by atoms with van der Waals surface area (Å²) in [5.41, 5.74) is 0. The molecule has 3 aromatic rings. The van der Waals surface area contributed by atoms with Gasteiger partial charge in [-0.05, 0) is 0 Å². The fourth-order valence-corrected chi connectivity index (χ4v) is 1.15. The second-order valence-electron chi connectivity index (χ2n) is 3.87. The van der Waals surface area contributed by atoms with Crippen molar-refractivity contribution in [3.05, 3.63) is 109 Å². The van der Waals surface area contributed by atoms with Crippen LogP contribution in [-0.4, -0.2) is 14.2 Å². The molecule has 0 fully saturated rings. The molecule has 0 aliphatic heterocycles. The molecule has 0 bridgehead atoms. The molecule has 0 amide bonds. The van der Waals surface area contributed by atoms with Crippen LogP contribution in [0.2, 0.25) is 0 Å². The van der Waals surface area contributed by atoms with E-state index in [4.69, 9.17) is 0 Å². The van der Waals surface area contributed by atoms with Gasteiger partial charge in [-0.1, -0.05) is 179 Å². The summed E-state index contributed by atoms with van der Waals surface area (Å²) in [7, 11) is 3.25. The molecule has 0 aliphatic carbocycles. The lowest BCUT2D eigenvalue weighted by molar-refractivity contribution is 0.277. The number of hydrogen-bond donors (Lipinski definition) is 0. The second-order valence-corrected chi connectivity index (χ2v) is 3.87. The molecule has 1 nitrogen and oxygen atoms in total. The zero-order valence-electron chi connectivity index (χ0n) is 20.8. The first-order chi connectivity index (χ1) is 14.4. The highest BCUT2D eigenvalue weighted by Gasteiger charge is 1.59. The highest BCUT2D eigenvalue weighted by Crippen LogP contribution is 1.81. The van der Waals surface area contributed by atoms with Crippen molar-refractivity contribution in [2.45, 2.75) is 70.2 Å². The molecule has 3 aromatic carbocycles. The summed E-state index contributed by atoms with van der Waals surface area (Å²) in [6.45, 7) is 16.0. The molecule has 0 atom stereocenters. The van der Waals surface area contributed by atoms with Gasteiger partial charge in [0.15, 0.2) is 0 Å². The Kier molecular flexibility index (Phi) is 107. The van der Waals surface area contributed by atoms with Crippen molar-refractivity contribution in [1.82, 2.24) is 0 Å². The predicted molar refractivity (Wildman–Crippen MR) is 151 cm³/mol. The Morgan fingerprint density at radius 1 is 0.258 bits per heavy atom. The number of methoxy groups -OCH3 is 1. The van der Waals surface area contributed by atoms with E-state index in [0.29, 0.717) is 0 Å². The first kappa shape index (κ1) is 46.7.